The van der Waals surface area contributed by atoms with Crippen LogP contribution in [0.4, 0.5) is 10.1 Å². The summed E-state index contributed by atoms with van der Waals surface area (Å²) in [5.74, 6) is -0.119. The topological polar surface area (TPSA) is 15.3 Å². The van der Waals surface area contributed by atoms with Crippen molar-refractivity contribution in [1.82, 2.24) is 5.32 Å². The number of nitrogens with one attached hydrogen (secondary N) is 1. The Hall–Kier alpha value is -1.09. The van der Waals surface area contributed by atoms with Crippen LogP contribution < -0.4 is 10.2 Å². The second-order valence-corrected chi connectivity index (χ2v) is 4.78. The maximum absolute atomic E-state index is 13.9. The van der Waals surface area contributed by atoms with Crippen molar-refractivity contribution in [2.75, 3.05) is 18.5 Å². The molecule has 1 aromatic carbocycles. The third-order valence-corrected chi connectivity index (χ3v) is 3.45. The molecule has 0 bridgehead atoms. The lowest BCUT2D eigenvalue weighted by Gasteiger charge is -2.28. The largest absolute Gasteiger partial charge is 0.372 e. The highest BCUT2D eigenvalue weighted by atomic mass is 19.1. The van der Waals surface area contributed by atoms with Gasteiger partial charge in [-0.15, -0.1) is 0 Å². The molecule has 18 heavy (non-hydrogen) atoms. The molecular formula is C15H25FN2. The maximum Gasteiger partial charge on any atom is 0.129 e. The number of benzene rings is 1. The van der Waals surface area contributed by atoms with E-state index in [0.717, 1.165) is 30.6 Å². The van der Waals surface area contributed by atoms with Gasteiger partial charge in [-0.3, -0.25) is 0 Å². The second kappa shape index (κ2) is 7.37. The SMILES string of the molecule is CCCNCc1c(F)cccc1N(C)C(C)CC. The molecule has 1 rings (SSSR count). The molecule has 1 N–H and O–H groups in total. The highest BCUT2D eigenvalue weighted by molar-refractivity contribution is 5.54. The molecule has 0 aliphatic heterocycles. The van der Waals surface area contributed by atoms with Gasteiger partial charge in [0.1, 0.15) is 5.82 Å². The van der Waals surface area contributed by atoms with Gasteiger partial charge in [0.2, 0.25) is 0 Å². The summed E-state index contributed by atoms with van der Waals surface area (Å²) in [5, 5.41) is 3.28. The molecule has 1 unspecified atom stereocenters. The zero-order chi connectivity index (χ0) is 13.5. The van der Waals surface area contributed by atoms with E-state index in [9.17, 15) is 4.39 Å². The van der Waals surface area contributed by atoms with Crippen LogP contribution in [0.5, 0.6) is 0 Å². The Morgan fingerprint density at radius 3 is 2.67 bits per heavy atom. The molecule has 0 amide bonds. The summed E-state index contributed by atoms with van der Waals surface area (Å²) >= 11 is 0. The van der Waals surface area contributed by atoms with Crippen LogP contribution in [0.25, 0.3) is 0 Å². The molecule has 0 spiro atoms. The molecule has 0 saturated heterocycles. The van der Waals surface area contributed by atoms with Crippen LogP contribution >= 0.6 is 0 Å². The standard InChI is InChI=1S/C15H25FN2/c1-5-10-17-11-13-14(16)8-7-9-15(13)18(4)12(3)6-2/h7-9,12,17H,5-6,10-11H2,1-4H3. The summed E-state index contributed by atoms with van der Waals surface area (Å²) in [6, 6.07) is 5.74. The van der Waals surface area contributed by atoms with Gasteiger partial charge in [0.25, 0.3) is 0 Å². The molecule has 0 radical (unpaired) electrons. The van der Waals surface area contributed by atoms with Crippen molar-refractivity contribution in [2.45, 2.75) is 46.2 Å². The van der Waals surface area contributed by atoms with Crippen molar-refractivity contribution in [1.29, 1.82) is 0 Å². The number of rotatable bonds is 7. The van der Waals surface area contributed by atoms with Gasteiger partial charge in [-0.05, 0) is 38.4 Å². The Morgan fingerprint density at radius 2 is 2.06 bits per heavy atom. The first-order valence-corrected chi connectivity index (χ1v) is 6.82. The summed E-state index contributed by atoms with van der Waals surface area (Å²) in [6.45, 7) is 7.93. The first-order valence-electron chi connectivity index (χ1n) is 6.82. The number of halogens is 1. The summed E-state index contributed by atoms with van der Waals surface area (Å²) in [4.78, 5) is 2.16. The van der Waals surface area contributed by atoms with Gasteiger partial charge < -0.3 is 10.2 Å². The zero-order valence-electron chi connectivity index (χ0n) is 12.0. The molecule has 1 aromatic rings. The fraction of sp³-hybridized carbons (Fsp3) is 0.600. The van der Waals surface area contributed by atoms with E-state index in [0.29, 0.717) is 12.6 Å². The van der Waals surface area contributed by atoms with Crippen molar-refractivity contribution < 1.29 is 4.39 Å². The lowest BCUT2D eigenvalue weighted by atomic mass is 10.1. The number of hydrogen-bond donors (Lipinski definition) is 1. The minimum atomic E-state index is -0.119. The zero-order valence-corrected chi connectivity index (χ0v) is 12.0. The van der Waals surface area contributed by atoms with Gasteiger partial charge in [-0.25, -0.2) is 4.39 Å². The molecule has 0 aromatic heterocycles. The third-order valence-electron chi connectivity index (χ3n) is 3.45. The minimum absolute atomic E-state index is 0.119. The second-order valence-electron chi connectivity index (χ2n) is 4.78. The normalized spacial score (nSPS) is 12.5. The molecule has 102 valence electrons. The van der Waals surface area contributed by atoms with Crippen molar-refractivity contribution in [3.8, 4) is 0 Å². The number of nitrogens with zero attached hydrogens (tertiary/aromatic N) is 1. The van der Waals surface area contributed by atoms with Gasteiger partial charge in [0.05, 0.1) is 0 Å². The highest BCUT2D eigenvalue weighted by Crippen LogP contribution is 2.24. The molecule has 0 heterocycles. The van der Waals surface area contributed by atoms with Crippen LogP contribution in [0.2, 0.25) is 0 Å². The average Bonchev–Trinajstić information content (AvgIpc) is 2.39. The lowest BCUT2D eigenvalue weighted by molar-refractivity contribution is 0.580. The Balaban J connectivity index is 2.92. The Labute approximate surface area is 110 Å². The first kappa shape index (κ1) is 15.0. The Kier molecular flexibility index (Phi) is 6.13. The van der Waals surface area contributed by atoms with Crippen LogP contribution in [0.1, 0.15) is 39.2 Å². The Morgan fingerprint density at radius 1 is 1.33 bits per heavy atom. The lowest BCUT2D eigenvalue weighted by Crippen LogP contribution is -2.30. The van der Waals surface area contributed by atoms with Crippen molar-refractivity contribution in [3.05, 3.63) is 29.6 Å². The predicted octanol–water partition coefficient (Wildman–Crippen LogP) is 3.56. The predicted molar refractivity (Wildman–Crippen MR) is 76.6 cm³/mol. The van der Waals surface area contributed by atoms with Crippen LogP contribution in [0.3, 0.4) is 0 Å². The van der Waals surface area contributed by atoms with Crippen molar-refractivity contribution in [2.24, 2.45) is 0 Å². The van der Waals surface area contributed by atoms with Crippen LogP contribution in [0, 0.1) is 5.82 Å². The van der Waals surface area contributed by atoms with Gasteiger partial charge in [0, 0.05) is 30.9 Å². The Bertz CT molecular complexity index is 366. The van der Waals surface area contributed by atoms with Crippen LogP contribution in [-0.4, -0.2) is 19.6 Å². The van der Waals surface area contributed by atoms with E-state index in [1.54, 1.807) is 6.07 Å². The molecule has 1 atom stereocenters. The van der Waals surface area contributed by atoms with E-state index in [1.165, 1.54) is 6.07 Å². The quantitative estimate of drug-likeness (QED) is 0.746. The van der Waals surface area contributed by atoms with Crippen molar-refractivity contribution in [3.63, 3.8) is 0 Å². The van der Waals surface area contributed by atoms with E-state index in [4.69, 9.17) is 0 Å². The van der Waals surface area contributed by atoms with Gasteiger partial charge in [-0.1, -0.05) is 19.9 Å². The maximum atomic E-state index is 13.9. The van der Waals surface area contributed by atoms with E-state index >= 15 is 0 Å². The number of anilines is 1. The van der Waals surface area contributed by atoms with E-state index in [-0.39, 0.29) is 5.82 Å². The first-order chi connectivity index (χ1) is 8.61. The van der Waals surface area contributed by atoms with Crippen LogP contribution in [-0.2, 0) is 6.54 Å². The summed E-state index contributed by atoms with van der Waals surface area (Å²) < 4.78 is 13.9. The molecule has 3 heteroatoms. The van der Waals surface area contributed by atoms with E-state index in [2.05, 4.69) is 31.0 Å². The minimum Gasteiger partial charge on any atom is -0.372 e. The molecule has 0 saturated carbocycles. The fourth-order valence-corrected chi connectivity index (χ4v) is 1.95. The summed E-state index contributed by atoms with van der Waals surface area (Å²) in [7, 11) is 2.03. The smallest absolute Gasteiger partial charge is 0.129 e. The molecule has 0 aliphatic carbocycles. The molecule has 2 nitrogen and oxygen atoms in total. The van der Waals surface area contributed by atoms with Crippen LogP contribution in [0.15, 0.2) is 18.2 Å². The van der Waals surface area contributed by atoms with Crippen molar-refractivity contribution >= 4 is 5.69 Å². The van der Waals surface area contributed by atoms with E-state index < -0.39 is 0 Å². The molecule has 0 aliphatic rings. The third kappa shape index (κ3) is 3.70. The van der Waals surface area contributed by atoms with Gasteiger partial charge in [0.15, 0.2) is 0 Å². The highest BCUT2D eigenvalue weighted by Gasteiger charge is 2.14. The fourth-order valence-electron chi connectivity index (χ4n) is 1.95. The van der Waals surface area contributed by atoms with E-state index in [1.807, 2.05) is 13.1 Å². The summed E-state index contributed by atoms with van der Waals surface area (Å²) in [5.41, 5.74) is 1.77. The summed E-state index contributed by atoms with van der Waals surface area (Å²) in [6.07, 6.45) is 2.11. The monoisotopic (exact) mass is 252 g/mol. The van der Waals surface area contributed by atoms with Gasteiger partial charge in [-0.2, -0.15) is 0 Å². The molecular weight excluding hydrogens is 227 g/mol. The number of hydrogen-bond acceptors (Lipinski definition) is 2. The molecule has 0 fully saturated rings. The average molecular weight is 252 g/mol. The van der Waals surface area contributed by atoms with Gasteiger partial charge >= 0.3 is 0 Å².